The molecule has 0 heteroatoms. The average molecular weight is 196 g/mol. The van der Waals surface area contributed by atoms with Crippen LogP contribution < -0.4 is 0 Å². The summed E-state index contributed by atoms with van der Waals surface area (Å²) in [5.41, 5.74) is 0. The van der Waals surface area contributed by atoms with E-state index in [1.165, 1.54) is 12.8 Å². The Labute approximate surface area is 90.5 Å². The van der Waals surface area contributed by atoms with Crippen molar-refractivity contribution in [2.24, 2.45) is 35.5 Å². The molecule has 0 aromatic carbocycles. The molecule has 1 fully saturated rings. The smallest absolute Gasteiger partial charge is 0.0383 e. The summed E-state index contributed by atoms with van der Waals surface area (Å²) in [7, 11) is 0. The highest BCUT2D eigenvalue weighted by molar-refractivity contribution is 4.85. The van der Waals surface area contributed by atoms with Crippen LogP contribution in [0.15, 0.2) is 0 Å². The molecule has 1 saturated carbocycles. The molecule has 0 spiro atoms. The van der Waals surface area contributed by atoms with Crippen LogP contribution in [0.2, 0.25) is 0 Å². The van der Waals surface area contributed by atoms with Crippen molar-refractivity contribution in [3.05, 3.63) is 0 Å². The SMILES string of the molecule is CC(C)C(C)C(C)C(C)CC1CC1C. The van der Waals surface area contributed by atoms with E-state index in [2.05, 4.69) is 41.5 Å². The molecule has 0 aromatic rings. The zero-order valence-electron chi connectivity index (χ0n) is 10.9. The quantitative estimate of drug-likeness (QED) is 0.603. The molecule has 1 rings (SSSR count). The first-order valence-electron chi connectivity index (χ1n) is 6.43. The van der Waals surface area contributed by atoms with E-state index in [9.17, 15) is 0 Å². The second-order valence-corrected chi connectivity index (χ2v) is 6.15. The Balaban J connectivity index is 2.31. The summed E-state index contributed by atoms with van der Waals surface area (Å²) in [5, 5.41) is 0. The van der Waals surface area contributed by atoms with E-state index in [1.54, 1.807) is 0 Å². The molecule has 0 heterocycles. The number of rotatable bonds is 5. The Morgan fingerprint density at radius 1 is 1.00 bits per heavy atom. The minimum absolute atomic E-state index is 0.837. The van der Waals surface area contributed by atoms with Crippen LogP contribution in [0.3, 0.4) is 0 Å². The molecule has 1 aliphatic carbocycles. The molecule has 0 saturated heterocycles. The van der Waals surface area contributed by atoms with Gasteiger partial charge >= 0.3 is 0 Å². The van der Waals surface area contributed by atoms with Gasteiger partial charge in [0.2, 0.25) is 0 Å². The average Bonchev–Trinajstić information content (AvgIpc) is 2.78. The molecule has 14 heavy (non-hydrogen) atoms. The standard InChI is InChI=1S/C14H28/c1-9(2)12(5)13(6)10(3)7-14-8-11(14)4/h9-14H,7-8H2,1-6H3. The lowest BCUT2D eigenvalue weighted by atomic mass is 9.77. The minimum Gasteiger partial charge on any atom is -0.0625 e. The number of hydrogen-bond acceptors (Lipinski definition) is 0. The van der Waals surface area contributed by atoms with Crippen LogP contribution in [0.4, 0.5) is 0 Å². The van der Waals surface area contributed by atoms with Crippen LogP contribution in [0.5, 0.6) is 0 Å². The fourth-order valence-electron chi connectivity index (χ4n) is 2.55. The van der Waals surface area contributed by atoms with Crippen molar-refractivity contribution in [3.63, 3.8) is 0 Å². The van der Waals surface area contributed by atoms with Crippen LogP contribution >= 0.6 is 0 Å². The van der Waals surface area contributed by atoms with E-state index in [4.69, 9.17) is 0 Å². The summed E-state index contributed by atoms with van der Waals surface area (Å²) in [5.74, 6) is 5.61. The van der Waals surface area contributed by atoms with Crippen molar-refractivity contribution in [1.29, 1.82) is 0 Å². The van der Waals surface area contributed by atoms with Gasteiger partial charge in [-0.2, -0.15) is 0 Å². The number of hydrogen-bond donors (Lipinski definition) is 0. The lowest BCUT2D eigenvalue weighted by molar-refractivity contribution is 0.207. The Bertz CT molecular complexity index is 171. The molecular formula is C14H28. The second-order valence-electron chi connectivity index (χ2n) is 6.15. The minimum atomic E-state index is 0.837. The molecule has 0 amide bonds. The van der Waals surface area contributed by atoms with Crippen LogP contribution in [0.1, 0.15) is 54.4 Å². The maximum Gasteiger partial charge on any atom is -0.0383 e. The zero-order valence-corrected chi connectivity index (χ0v) is 10.9. The molecule has 0 aliphatic heterocycles. The van der Waals surface area contributed by atoms with E-state index in [-0.39, 0.29) is 0 Å². The maximum atomic E-state index is 2.45. The van der Waals surface area contributed by atoms with Gasteiger partial charge in [-0.25, -0.2) is 0 Å². The molecule has 0 nitrogen and oxygen atoms in total. The van der Waals surface area contributed by atoms with Crippen molar-refractivity contribution >= 4 is 0 Å². The van der Waals surface area contributed by atoms with Crippen LogP contribution in [-0.4, -0.2) is 0 Å². The van der Waals surface area contributed by atoms with Gasteiger partial charge in [-0.1, -0.05) is 41.5 Å². The fraction of sp³-hybridized carbons (Fsp3) is 1.00. The maximum absolute atomic E-state index is 2.45. The van der Waals surface area contributed by atoms with Crippen molar-refractivity contribution in [3.8, 4) is 0 Å². The van der Waals surface area contributed by atoms with Gasteiger partial charge < -0.3 is 0 Å². The summed E-state index contributed by atoms with van der Waals surface area (Å²) in [6.07, 6.45) is 2.96. The van der Waals surface area contributed by atoms with Crippen molar-refractivity contribution in [2.45, 2.75) is 54.4 Å². The summed E-state index contributed by atoms with van der Waals surface area (Å²) in [6, 6.07) is 0. The van der Waals surface area contributed by atoms with Gasteiger partial charge in [-0.05, 0) is 48.3 Å². The van der Waals surface area contributed by atoms with E-state index in [1.807, 2.05) is 0 Å². The summed E-state index contributed by atoms with van der Waals surface area (Å²) >= 11 is 0. The molecule has 0 N–H and O–H groups in total. The third-order valence-electron chi connectivity index (χ3n) is 4.73. The predicted molar refractivity (Wildman–Crippen MR) is 64.2 cm³/mol. The third kappa shape index (κ3) is 3.00. The zero-order chi connectivity index (χ0) is 10.9. The summed E-state index contributed by atoms with van der Waals surface area (Å²) in [6.45, 7) is 14.4. The van der Waals surface area contributed by atoms with E-state index in [0.717, 1.165) is 35.5 Å². The van der Waals surface area contributed by atoms with Gasteiger partial charge in [0.1, 0.15) is 0 Å². The van der Waals surface area contributed by atoms with Crippen LogP contribution in [-0.2, 0) is 0 Å². The van der Waals surface area contributed by atoms with Crippen molar-refractivity contribution < 1.29 is 0 Å². The lowest BCUT2D eigenvalue weighted by Crippen LogP contribution is -2.21. The molecule has 84 valence electrons. The normalized spacial score (nSPS) is 32.8. The molecule has 1 aliphatic rings. The van der Waals surface area contributed by atoms with Crippen molar-refractivity contribution in [2.75, 3.05) is 0 Å². The first-order valence-corrected chi connectivity index (χ1v) is 6.43. The summed E-state index contributed by atoms with van der Waals surface area (Å²) < 4.78 is 0. The topological polar surface area (TPSA) is 0 Å². The first-order chi connectivity index (χ1) is 6.43. The second kappa shape index (κ2) is 4.68. The Hall–Kier alpha value is 0. The van der Waals surface area contributed by atoms with Crippen molar-refractivity contribution in [1.82, 2.24) is 0 Å². The lowest BCUT2D eigenvalue weighted by Gasteiger charge is -2.29. The molecule has 0 bridgehead atoms. The van der Waals surface area contributed by atoms with Gasteiger partial charge in [0.05, 0.1) is 0 Å². The van der Waals surface area contributed by atoms with Gasteiger partial charge in [-0.15, -0.1) is 0 Å². The van der Waals surface area contributed by atoms with Gasteiger partial charge in [0.15, 0.2) is 0 Å². The highest BCUT2D eigenvalue weighted by atomic mass is 14.4. The van der Waals surface area contributed by atoms with Crippen LogP contribution in [0.25, 0.3) is 0 Å². The van der Waals surface area contributed by atoms with Gasteiger partial charge in [-0.3, -0.25) is 0 Å². The third-order valence-corrected chi connectivity index (χ3v) is 4.73. The monoisotopic (exact) mass is 196 g/mol. The first kappa shape index (κ1) is 12.1. The van der Waals surface area contributed by atoms with E-state index in [0.29, 0.717) is 0 Å². The van der Waals surface area contributed by atoms with E-state index >= 15 is 0 Å². The van der Waals surface area contributed by atoms with Gasteiger partial charge in [0.25, 0.3) is 0 Å². The summed E-state index contributed by atoms with van der Waals surface area (Å²) in [4.78, 5) is 0. The predicted octanol–water partition coefficient (Wildman–Crippen LogP) is 4.60. The fourth-order valence-corrected chi connectivity index (χ4v) is 2.55. The molecule has 0 aromatic heterocycles. The van der Waals surface area contributed by atoms with Gasteiger partial charge in [0, 0.05) is 0 Å². The largest absolute Gasteiger partial charge is 0.0625 e. The molecule has 5 atom stereocenters. The van der Waals surface area contributed by atoms with Crippen LogP contribution in [0, 0.1) is 35.5 Å². The Morgan fingerprint density at radius 3 is 1.86 bits per heavy atom. The Morgan fingerprint density at radius 2 is 1.50 bits per heavy atom. The molecular weight excluding hydrogens is 168 g/mol. The Kier molecular flexibility index (Phi) is 4.04. The molecule has 5 unspecified atom stereocenters. The van der Waals surface area contributed by atoms with E-state index < -0.39 is 0 Å². The highest BCUT2D eigenvalue weighted by Gasteiger charge is 2.35. The molecule has 0 radical (unpaired) electrons. The highest BCUT2D eigenvalue weighted by Crippen LogP contribution is 2.44.